The molecule has 10 rings (SSSR count). The molecule has 3 aliphatic heterocycles. The number of furan rings is 2. The summed E-state index contributed by atoms with van der Waals surface area (Å²) in [5.74, 6) is 0. The molecule has 50 heavy (non-hydrogen) atoms. The van der Waals surface area contributed by atoms with Crippen LogP contribution >= 0.6 is 0 Å². The minimum Gasteiger partial charge on any atom is -0.511 e. The van der Waals surface area contributed by atoms with Crippen molar-refractivity contribution < 1.29 is 29.9 Å². The fourth-order valence-electron chi connectivity index (χ4n) is 8.76. The van der Waals surface area contributed by atoms with Crippen molar-refractivity contribution in [2.75, 3.05) is 11.9 Å². The summed E-state index contributed by atoms with van der Waals surface area (Å²) in [7, 11) is 2.09. The molecule has 4 aromatic carbocycles. The van der Waals surface area contributed by atoms with Gasteiger partial charge in [-0.3, -0.25) is 4.68 Å². The molecule has 7 aromatic rings. The van der Waals surface area contributed by atoms with Crippen molar-refractivity contribution in [1.29, 1.82) is 0 Å². The number of hydrogen-bond donors (Lipinski definition) is 0. The Bertz CT molecular complexity index is 2610. The van der Waals surface area contributed by atoms with E-state index in [0.29, 0.717) is 0 Å². The van der Waals surface area contributed by atoms with Crippen molar-refractivity contribution in [3.05, 3.63) is 108 Å². The quantitative estimate of drug-likeness (QED) is 0.154. The van der Waals surface area contributed by atoms with E-state index in [1.54, 1.807) is 0 Å². The van der Waals surface area contributed by atoms with Crippen LogP contribution in [0.2, 0.25) is 0 Å². The second-order valence-corrected chi connectivity index (χ2v) is 16.4. The normalized spacial score (nSPS) is 19.3. The van der Waals surface area contributed by atoms with Gasteiger partial charge in [0.15, 0.2) is 0 Å². The molecule has 0 radical (unpaired) electrons. The molecule has 3 aliphatic rings. The maximum absolute atomic E-state index is 6.68. The zero-order valence-electron chi connectivity index (χ0n) is 29.8. The molecule has 0 spiro atoms. The van der Waals surface area contributed by atoms with Crippen LogP contribution in [0.3, 0.4) is 0 Å². The number of nitrogens with zero attached hydrogens (tertiary/aromatic N) is 4. The van der Waals surface area contributed by atoms with Gasteiger partial charge >= 0.3 is 0 Å². The smallest absolute Gasteiger partial charge is 0.0722 e. The average molecular weight is 839 g/mol. The summed E-state index contributed by atoms with van der Waals surface area (Å²) < 4.78 is 15.5. The number of benzene rings is 4. The maximum atomic E-state index is 6.68. The summed E-state index contributed by atoms with van der Waals surface area (Å²) in [5, 5.41) is 8.92. The molecule has 0 unspecified atom stereocenters. The first-order chi connectivity index (χ1) is 23.2. The maximum Gasteiger partial charge on any atom is 0.0722 e. The number of anilines is 1. The summed E-state index contributed by atoms with van der Waals surface area (Å²) in [6.45, 7) is 20.8. The van der Waals surface area contributed by atoms with Crippen molar-refractivity contribution in [1.82, 2.24) is 14.7 Å². The van der Waals surface area contributed by atoms with Crippen LogP contribution in [0, 0.1) is 24.2 Å². The van der Waals surface area contributed by atoms with Crippen LogP contribution in [-0.4, -0.2) is 21.7 Å². The number of allylic oxidation sites excluding steroid dienone is 1. The Balaban J connectivity index is 0.00000336. The number of hydrogen-bond acceptors (Lipinski definition) is 5. The summed E-state index contributed by atoms with van der Waals surface area (Å²) >= 11 is 0. The van der Waals surface area contributed by atoms with Gasteiger partial charge in [-0.25, -0.2) is 0 Å². The van der Waals surface area contributed by atoms with E-state index in [0.717, 1.165) is 60.8 Å². The molecule has 0 atom stereocenters. The molecule has 0 aliphatic carbocycles. The molecular weight excluding hydrogens is 800 g/mol. The number of rotatable bonds is 1. The zero-order chi connectivity index (χ0) is 34.0. The van der Waals surface area contributed by atoms with Crippen molar-refractivity contribution >= 4 is 49.6 Å². The van der Waals surface area contributed by atoms with Crippen molar-refractivity contribution in [3.63, 3.8) is 0 Å². The standard InChI is InChI=1S/C43H39N4O2.Pt/c1-40(2)28-19-34-25(17-30(28)46-23-45(9)22-36(46)42(40,5)6)37-32(48-34)15-16-33-38(37)26-18-31-29(20-35(26)49-33)41(3,4)43(7,8)39-27(21-44-47(31)39)24-13-11-10-12-14-24;/h10-16,19-23H,1-9H3;/q-3;. The summed E-state index contributed by atoms with van der Waals surface area (Å²) in [4.78, 5) is 4.45. The van der Waals surface area contributed by atoms with Crippen LogP contribution in [0.15, 0.2) is 81.5 Å². The van der Waals surface area contributed by atoms with Gasteiger partial charge in [-0.15, -0.1) is 22.9 Å². The van der Waals surface area contributed by atoms with Crippen molar-refractivity contribution in [3.8, 4) is 16.8 Å². The largest absolute Gasteiger partial charge is 0.511 e. The topological polar surface area (TPSA) is 50.6 Å². The minimum atomic E-state index is -0.235. The van der Waals surface area contributed by atoms with E-state index < -0.39 is 0 Å². The Kier molecular flexibility index (Phi) is 6.17. The van der Waals surface area contributed by atoms with Crippen LogP contribution in [0.1, 0.15) is 72.2 Å². The first kappa shape index (κ1) is 31.7. The summed E-state index contributed by atoms with van der Waals surface area (Å²) in [5.41, 5.74) is 11.8. The number of fused-ring (bicyclic) bond motifs is 13. The zero-order valence-corrected chi connectivity index (χ0v) is 32.1. The van der Waals surface area contributed by atoms with E-state index in [4.69, 9.17) is 13.9 Å². The second-order valence-electron chi connectivity index (χ2n) is 16.4. The van der Waals surface area contributed by atoms with Crippen molar-refractivity contribution in [2.45, 2.75) is 71.6 Å². The predicted molar refractivity (Wildman–Crippen MR) is 197 cm³/mol. The van der Waals surface area contributed by atoms with E-state index in [2.05, 4.69) is 144 Å². The molecule has 256 valence electrons. The van der Waals surface area contributed by atoms with E-state index in [1.807, 2.05) is 18.3 Å². The fraction of sp³-hybridized carbons (Fsp3) is 0.302. The Morgan fingerprint density at radius 2 is 1.24 bits per heavy atom. The molecule has 0 bridgehead atoms. The Morgan fingerprint density at radius 3 is 1.86 bits per heavy atom. The van der Waals surface area contributed by atoms with Crippen LogP contribution in [0.5, 0.6) is 0 Å². The molecule has 0 saturated heterocycles. The van der Waals surface area contributed by atoms with E-state index in [-0.39, 0.29) is 42.7 Å². The monoisotopic (exact) mass is 838 g/mol. The Hall–Kier alpha value is -4.28. The predicted octanol–water partition coefficient (Wildman–Crippen LogP) is 10.5. The van der Waals surface area contributed by atoms with Gasteiger partial charge in [0.05, 0.1) is 23.1 Å². The van der Waals surface area contributed by atoms with E-state index in [9.17, 15) is 0 Å². The van der Waals surface area contributed by atoms with Gasteiger partial charge < -0.3 is 18.6 Å². The third-order valence-electron chi connectivity index (χ3n) is 13.0. The second kappa shape index (κ2) is 9.73. The van der Waals surface area contributed by atoms with Crippen LogP contribution < -0.4 is 4.90 Å². The SMILES string of the molecule is CN1C=C2N([CH-]1)c1[c-]c3c(cc1C(C)(C)C2(C)C)oc1ccc2oc4cc5c([c-]c4c2c13)-n1ncc(-c2ccccc2)c1C(C)(C)C5(C)C.[Pt]. The molecule has 6 heterocycles. The van der Waals surface area contributed by atoms with Gasteiger partial charge in [0.1, 0.15) is 0 Å². The molecule has 0 amide bonds. The van der Waals surface area contributed by atoms with Gasteiger partial charge in [0.2, 0.25) is 0 Å². The van der Waals surface area contributed by atoms with Gasteiger partial charge in [0.25, 0.3) is 0 Å². The average Bonchev–Trinajstić information content (AvgIpc) is 3.84. The fourth-order valence-corrected chi connectivity index (χ4v) is 8.76. The third kappa shape index (κ3) is 3.66. The van der Waals surface area contributed by atoms with Gasteiger partial charge in [-0.05, 0) is 47.5 Å². The molecule has 0 N–H and O–H groups in total. The molecule has 0 fully saturated rings. The summed E-state index contributed by atoms with van der Waals surface area (Å²) in [6.07, 6.45) is 4.26. The Labute approximate surface area is 307 Å². The third-order valence-corrected chi connectivity index (χ3v) is 13.0. The first-order valence-electron chi connectivity index (χ1n) is 17.2. The first-order valence-corrected chi connectivity index (χ1v) is 17.2. The van der Waals surface area contributed by atoms with Gasteiger partial charge in [0, 0.05) is 54.3 Å². The number of aromatic nitrogens is 2. The molecule has 0 saturated carbocycles. The molecule has 6 nitrogen and oxygen atoms in total. The van der Waals surface area contributed by atoms with Crippen LogP contribution in [0.25, 0.3) is 60.7 Å². The van der Waals surface area contributed by atoms with Gasteiger partial charge in [-0.2, -0.15) is 11.8 Å². The van der Waals surface area contributed by atoms with Gasteiger partial charge in [-0.1, -0.05) is 125 Å². The van der Waals surface area contributed by atoms with E-state index in [1.165, 1.54) is 28.1 Å². The van der Waals surface area contributed by atoms with Crippen LogP contribution in [-0.2, 0) is 37.3 Å². The molecular formula is C43H39N4O2Pt-3. The van der Waals surface area contributed by atoms with E-state index >= 15 is 0 Å². The molecule has 3 aromatic heterocycles. The molecule has 7 heteroatoms. The van der Waals surface area contributed by atoms with Crippen molar-refractivity contribution in [2.24, 2.45) is 5.41 Å². The summed E-state index contributed by atoms with van der Waals surface area (Å²) in [6, 6.07) is 26.9. The minimum absolute atomic E-state index is 0. The van der Waals surface area contributed by atoms with Crippen LogP contribution in [0.4, 0.5) is 5.69 Å². The Morgan fingerprint density at radius 1 is 0.680 bits per heavy atom.